The zero-order valence-corrected chi connectivity index (χ0v) is 12.7. The van der Waals surface area contributed by atoms with Crippen molar-refractivity contribution in [2.45, 2.75) is 25.8 Å². The summed E-state index contributed by atoms with van der Waals surface area (Å²) >= 11 is 1.02. The van der Waals surface area contributed by atoms with E-state index >= 15 is 0 Å². The highest BCUT2D eigenvalue weighted by atomic mass is 32.1. The van der Waals surface area contributed by atoms with Crippen LogP contribution in [-0.4, -0.2) is 28.0 Å². The van der Waals surface area contributed by atoms with Crippen molar-refractivity contribution in [1.29, 1.82) is 0 Å². The predicted octanol–water partition coefficient (Wildman–Crippen LogP) is 2.93. The largest absolute Gasteiger partial charge is 0.480 e. The topological polar surface area (TPSA) is 79.3 Å². The molecule has 0 bridgehead atoms. The van der Waals surface area contributed by atoms with Gasteiger partial charge in [-0.3, -0.25) is 4.79 Å². The van der Waals surface area contributed by atoms with Gasteiger partial charge in [0, 0.05) is 5.56 Å². The van der Waals surface area contributed by atoms with Gasteiger partial charge >= 0.3 is 5.97 Å². The fourth-order valence-electron chi connectivity index (χ4n) is 1.91. The van der Waals surface area contributed by atoms with E-state index in [1.54, 1.807) is 18.2 Å². The number of hydrogen-bond acceptors (Lipinski definition) is 4. The zero-order valence-electron chi connectivity index (χ0n) is 11.9. The second kappa shape index (κ2) is 7.13. The van der Waals surface area contributed by atoms with Crippen LogP contribution in [0.2, 0.25) is 0 Å². The predicted molar refractivity (Wildman–Crippen MR) is 81.3 cm³/mol. The highest BCUT2D eigenvalue weighted by Gasteiger charge is 2.21. The highest BCUT2D eigenvalue weighted by molar-refractivity contribution is 7.16. The van der Waals surface area contributed by atoms with Crippen LogP contribution in [0.25, 0.3) is 10.6 Å². The van der Waals surface area contributed by atoms with Crippen LogP contribution in [0, 0.1) is 5.82 Å². The highest BCUT2D eigenvalue weighted by Crippen LogP contribution is 2.27. The summed E-state index contributed by atoms with van der Waals surface area (Å²) in [5, 5.41) is 11.9. The maximum atomic E-state index is 13.7. The van der Waals surface area contributed by atoms with Gasteiger partial charge in [0.1, 0.15) is 21.7 Å². The Balaban J connectivity index is 2.16. The Labute approximate surface area is 130 Å². The lowest BCUT2D eigenvalue weighted by atomic mass is 10.1. The average molecular weight is 322 g/mol. The lowest BCUT2D eigenvalue weighted by Crippen LogP contribution is -2.40. The SMILES string of the molecule is CCCC(NC(=O)c1cnc(-c2ccccc2F)s1)C(=O)O. The number of amides is 1. The summed E-state index contributed by atoms with van der Waals surface area (Å²) < 4.78 is 13.7. The number of hydrogen-bond donors (Lipinski definition) is 2. The number of benzene rings is 1. The minimum absolute atomic E-state index is 0.251. The molecule has 1 atom stereocenters. The number of halogens is 1. The van der Waals surface area contributed by atoms with E-state index in [-0.39, 0.29) is 4.88 Å². The number of nitrogens with zero attached hydrogens (tertiary/aromatic N) is 1. The quantitative estimate of drug-likeness (QED) is 0.857. The van der Waals surface area contributed by atoms with Gasteiger partial charge in [0.15, 0.2) is 0 Å². The Hall–Kier alpha value is -2.28. The molecule has 1 aromatic heterocycles. The van der Waals surface area contributed by atoms with Crippen LogP contribution in [0.15, 0.2) is 30.5 Å². The number of thiazole rings is 1. The third-order valence-electron chi connectivity index (χ3n) is 3.01. The van der Waals surface area contributed by atoms with Gasteiger partial charge < -0.3 is 10.4 Å². The molecule has 1 amide bonds. The molecule has 0 aliphatic heterocycles. The molecule has 22 heavy (non-hydrogen) atoms. The summed E-state index contributed by atoms with van der Waals surface area (Å²) in [6, 6.07) is 5.21. The second-order valence-corrected chi connectivity index (χ2v) is 5.69. The van der Waals surface area contributed by atoms with Crippen molar-refractivity contribution >= 4 is 23.2 Å². The molecule has 0 fully saturated rings. The van der Waals surface area contributed by atoms with Crippen LogP contribution >= 0.6 is 11.3 Å². The van der Waals surface area contributed by atoms with Gasteiger partial charge in [0.05, 0.1) is 6.20 Å². The molecule has 2 N–H and O–H groups in total. The molecule has 0 saturated carbocycles. The zero-order chi connectivity index (χ0) is 16.1. The lowest BCUT2D eigenvalue weighted by Gasteiger charge is -2.12. The fourth-order valence-corrected chi connectivity index (χ4v) is 2.76. The Morgan fingerprint density at radius 1 is 1.41 bits per heavy atom. The number of carboxylic acid groups (broad SMARTS) is 1. The van der Waals surface area contributed by atoms with Crippen molar-refractivity contribution in [1.82, 2.24) is 10.3 Å². The number of carbonyl (C=O) groups is 2. The summed E-state index contributed by atoms with van der Waals surface area (Å²) in [6.45, 7) is 1.84. The van der Waals surface area contributed by atoms with Crippen LogP contribution in [-0.2, 0) is 4.79 Å². The van der Waals surface area contributed by atoms with Gasteiger partial charge in [-0.2, -0.15) is 0 Å². The Morgan fingerprint density at radius 2 is 2.14 bits per heavy atom. The van der Waals surface area contributed by atoms with Crippen molar-refractivity contribution in [2.75, 3.05) is 0 Å². The van der Waals surface area contributed by atoms with Gasteiger partial charge in [0.25, 0.3) is 5.91 Å². The van der Waals surface area contributed by atoms with Gasteiger partial charge in [-0.15, -0.1) is 11.3 Å². The monoisotopic (exact) mass is 322 g/mol. The molecule has 0 radical (unpaired) electrons. The number of nitrogens with one attached hydrogen (secondary N) is 1. The molecule has 0 aliphatic carbocycles. The van der Waals surface area contributed by atoms with E-state index in [1.807, 2.05) is 6.92 Å². The normalized spacial score (nSPS) is 11.9. The van der Waals surface area contributed by atoms with Gasteiger partial charge in [-0.25, -0.2) is 14.2 Å². The van der Waals surface area contributed by atoms with Crippen molar-refractivity contribution in [3.8, 4) is 10.6 Å². The number of rotatable bonds is 6. The molecule has 0 aliphatic rings. The summed E-state index contributed by atoms with van der Waals surface area (Å²) in [6.07, 6.45) is 2.31. The molecule has 2 rings (SSSR count). The standard InChI is InChI=1S/C15H15FN2O3S/c1-2-5-11(15(20)21)18-13(19)12-8-17-14(22-12)9-6-3-4-7-10(9)16/h3-4,6-8,11H,2,5H2,1H3,(H,18,19)(H,20,21). The van der Waals surface area contributed by atoms with Gasteiger partial charge in [-0.05, 0) is 18.6 Å². The molecule has 1 aromatic carbocycles. The van der Waals surface area contributed by atoms with E-state index in [2.05, 4.69) is 10.3 Å². The molecule has 0 saturated heterocycles. The van der Waals surface area contributed by atoms with Crippen molar-refractivity contribution in [2.24, 2.45) is 0 Å². The maximum Gasteiger partial charge on any atom is 0.326 e. The number of carbonyl (C=O) groups excluding carboxylic acids is 1. The van der Waals surface area contributed by atoms with Crippen LogP contribution in [0.5, 0.6) is 0 Å². The summed E-state index contributed by atoms with van der Waals surface area (Å²) in [4.78, 5) is 27.4. The molecule has 0 spiro atoms. The van der Waals surface area contributed by atoms with E-state index in [0.717, 1.165) is 11.3 Å². The van der Waals surface area contributed by atoms with Crippen LogP contribution in [0.3, 0.4) is 0 Å². The molecule has 2 aromatic rings. The fraction of sp³-hybridized carbons (Fsp3) is 0.267. The maximum absolute atomic E-state index is 13.7. The first kappa shape index (κ1) is 16.1. The third kappa shape index (κ3) is 3.67. The number of aliphatic carboxylic acids is 1. The summed E-state index contributed by atoms with van der Waals surface area (Å²) in [5.41, 5.74) is 0.315. The molecule has 1 unspecified atom stereocenters. The van der Waals surface area contributed by atoms with Crippen LogP contribution in [0.4, 0.5) is 4.39 Å². The summed E-state index contributed by atoms with van der Waals surface area (Å²) in [7, 11) is 0. The van der Waals surface area contributed by atoms with E-state index in [4.69, 9.17) is 5.11 Å². The number of carboxylic acids is 1. The van der Waals surface area contributed by atoms with Crippen molar-refractivity contribution in [3.05, 3.63) is 41.2 Å². The van der Waals surface area contributed by atoms with E-state index in [0.29, 0.717) is 23.4 Å². The van der Waals surface area contributed by atoms with E-state index in [1.165, 1.54) is 12.3 Å². The lowest BCUT2D eigenvalue weighted by molar-refractivity contribution is -0.139. The molecular weight excluding hydrogens is 307 g/mol. The first-order valence-electron chi connectivity index (χ1n) is 6.77. The minimum Gasteiger partial charge on any atom is -0.480 e. The first-order chi connectivity index (χ1) is 10.5. The van der Waals surface area contributed by atoms with Crippen molar-refractivity contribution < 1.29 is 19.1 Å². The Bertz CT molecular complexity index is 687. The second-order valence-electron chi connectivity index (χ2n) is 4.66. The average Bonchev–Trinajstić information content (AvgIpc) is 2.96. The molecule has 5 nitrogen and oxygen atoms in total. The first-order valence-corrected chi connectivity index (χ1v) is 7.59. The minimum atomic E-state index is -1.07. The van der Waals surface area contributed by atoms with Gasteiger partial charge in [-0.1, -0.05) is 25.5 Å². The van der Waals surface area contributed by atoms with Crippen LogP contribution < -0.4 is 5.32 Å². The summed E-state index contributed by atoms with van der Waals surface area (Å²) in [5.74, 6) is -2.01. The Morgan fingerprint density at radius 3 is 2.77 bits per heavy atom. The van der Waals surface area contributed by atoms with E-state index < -0.39 is 23.7 Å². The van der Waals surface area contributed by atoms with E-state index in [9.17, 15) is 14.0 Å². The molecule has 116 valence electrons. The van der Waals surface area contributed by atoms with Crippen LogP contribution in [0.1, 0.15) is 29.4 Å². The molecular formula is C15H15FN2O3S. The smallest absolute Gasteiger partial charge is 0.326 e. The molecule has 1 heterocycles. The molecule has 7 heteroatoms. The Kier molecular flexibility index (Phi) is 5.21. The van der Waals surface area contributed by atoms with Gasteiger partial charge in [0.2, 0.25) is 0 Å². The number of aromatic nitrogens is 1. The van der Waals surface area contributed by atoms with Crippen molar-refractivity contribution in [3.63, 3.8) is 0 Å². The third-order valence-corrected chi connectivity index (χ3v) is 4.04.